The maximum Gasteiger partial charge on any atom is 0.335 e. The number of carboxylic acids is 1. The van der Waals surface area contributed by atoms with Crippen molar-refractivity contribution >= 4 is 23.3 Å². The van der Waals surface area contributed by atoms with Gasteiger partial charge in [0.15, 0.2) is 5.96 Å². The van der Waals surface area contributed by atoms with Crippen molar-refractivity contribution in [1.82, 2.24) is 4.90 Å². The fraction of sp³-hybridized carbons (Fsp3) is 0.286. The summed E-state index contributed by atoms with van der Waals surface area (Å²) in [6.07, 6.45) is 0.847. The van der Waals surface area contributed by atoms with Gasteiger partial charge in [-0.1, -0.05) is 48.5 Å². The summed E-state index contributed by atoms with van der Waals surface area (Å²) in [5.41, 5.74) is 4.74. The van der Waals surface area contributed by atoms with Gasteiger partial charge in [-0.25, -0.2) is 4.79 Å². The Morgan fingerprint density at radius 2 is 1.82 bits per heavy atom. The molecule has 4 rings (SSSR count). The highest BCUT2D eigenvalue weighted by molar-refractivity contribution is 5.96. The van der Waals surface area contributed by atoms with Crippen LogP contribution in [-0.4, -0.2) is 54.2 Å². The smallest absolute Gasteiger partial charge is 0.335 e. The van der Waals surface area contributed by atoms with Crippen LogP contribution in [0.15, 0.2) is 83.9 Å². The Bertz CT molecular complexity index is 1150. The second-order valence-electron chi connectivity index (χ2n) is 8.78. The summed E-state index contributed by atoms with van der Waals surface area (Å²) in [4.78, 5) is 21.1. The number of hydrogen-bond donors (Lipinski definition) is 2. The summed E-state index contributed by atoms with van der Waals surface area (Å²) in [6.45, 7) is 7.55. The van der Waals surface area contributed by atoms with Gasteiger partial charge in [-0.05, 0) is 61.7 Å². The number of aliphatic imine (C=N–C) groups is 1. The Labute approximate surface area is 201 Å². The average molecular weight is 457 g/mol. The zero-order valence-electron chi connectivity index (χ0n) is 19.8. The minimum atomic E-state index is -0.938. The van der Waals surface area contributed by atoms with Crippen molar-refractivity contribution in [2.75, 3.05) is 36.4 Å². The molecule has 1 fully saturated rings. The molecule has 6 nitrogen and oxygen atoms in total. The molecule has 3 aromatic carbocycles. The highest BCUT2D eigenvalue weighted by Crippen LogP contribution is 2.22. The van der Waals surface area contributed by atoms with E-state index in [1.165, 1.54) is 16.8 Å². The third kappa shape index (κ3) is 5.95. The number of carbonyl (C=O) groups is 1. The Balaban J connectivity index is 1.52. The van der Waals surface area contributed by atoms with E-state index in [9.17, 15) is 9.90 Å². The first-order chi connectivity index (χ1) is 16.5. The van der Waals surface area contributed by atoms with Gasteiger partial charge in [0, 0.05) is 43.6 Å². The molecule has 1 aliphatic heterocycles. The minimum Gasteiger partial charge on any atom is -0.478 e. The third-order valence-corrected chi connectivity index (χ3v) is 6.13. The number of benzene rings is 3. The molecule has 1 aliphatic rings. The molecule has 6 heteroatoms. The molecule has 0 aliphatic carbocycles. The molecule has 1 heterocycles. The van der Waals surface area contributed by atoms with Crippen LogP contribution in [-0.2, 0) is 6.42 Å². The van der Waals surface area contributed by atoms with Crippen LogP contribution < -0.4 is 10.2 Å². The summed E-state index contributed by atoms with van der Waals surface area (Å²) in [7, 11) is 0. The maximum absolute atomic E-state index is 11.4. The van der Waals surface area contributed by atoms with Crippen molar-refractivity contribution in [2.24, 2.45) is 4.99 Å². The second-order valence-corrected chi connectivity index (χ2v) is 8.78. The number of nitrogens with one attached hydrogen (secondary N) is 1. The largest absolute Gasteiger partial charge is 0.478 e. The van der Waals surface area contributed by atoms with E-state index in [-0.39, 0.29) is 5.56 Å². The van der Waals surface area contributed by atoms with Gasteiger partial charge >= 0.3 is 5.97 Å². The Morgan fingerprint density at radius 1 is 1.03 bits per heavy atom. The molecule has 2 N–H and O–H groups in total. The highest BCUT2D eigenvalue weighted by atomic mass is 16.4. The van der Waals surface area contributed by atoms with Gasteiger partial charge in [0.05, 0.1) is 5.56 Å². The van der Waals surface area contributed by atoms with Crippen LogP contribution in [0.3, 0.4) is 0 Å². The van der Waals surface area contributed by atoms with E-state index in [1.54, 1.807) is 18.2 Å². The van der Waals surface area contributed by atoms with E-state index in [1.807, 2.05) is 24.3 Å². The zero-order valence-corrected chi connectivity index (χ0v) is 19.8. The van der Waals surface area contributed by atoms with E-state index >= 15 is 0 Å². The fourth-order valence-corrected chi connectivity index (χ4v) is 4.35. The van der Waals surface area contributed by atoms with Gasteiger partial charge in [0.2, 0.25) is 0 Å². The molecule has 0 saturated carbocycles. The number of aromatic carboxylic acids is 1. The normalized spacial score (nSPS) is 16.4. The summed E-state index contributed by atoms with van der Waals surface area (Å²) in [5, 5.41) is 12.8. The predicted molar refractivity (Wildman–Crippen MR) is 139 cm³/mol. The second kappa shape index (κ2) is 10.9. The Morgan fingerprint density at radius 3 is 2.56 bits per heavy atom. The first kappa shape index (κ1) is 23.4. The zero-order chi connectivity index (χ0) is 23.9. The first-order valence-corrected chi connectivity index (χ1v) is 11.8. The average Bonchev–Trinajstić information content (AvgIpc) is 2.84. The van der Waals surface area contributed by atoms with Crippen molar-refractivity contribution in [3.8, 4) is 0 Å². The summed E-state index contributed by atoms with van der Waals surface area (Å²) < 4.78 is 0. The molecule has 1 saturated heterocycles. The van der Waals surface area contributed by atoms with Crippen LogP contribution in [0.5, 0.6) is 0 Å². The fourth-order valence-electron chi connectivity index (χ4n) is 4.35. The molecule has 0 aromatic heterocycles. The summed E-state index contributed by atoms with van der Waals surface area (Å²) >= 11 is 0. The van der Waals surface area contributed by atoms with Crippen molar-refractivity contribution in [2.45, 2.75) is 26.3 Å². The lowest BCUT2D eigenvalue weighted by atomic mass is 10.1. The molecule has 1 unspecified atom stereocenters. The molecule has 0 spiro atoms. The SMILES string of the molecule is Cc1cccc(N2CCN(C(=NCCc3ccccc3)Nc3cccc(C(=O)O)c3)CC2C)c1. The molecule has 34 heavy (non-hydrogen) atoms. The molecule has 0 bridgehead atoms. The number of nitrogens with zero attached hydrogens (tertiary/aromatic N) is 3. The lowest BCUT2D eigenvalue weighted by molar-refractivity contribution is 0.0697. The number of carboxylic acid groups (broad SMARTS) is 1. The quantitative estimate of drug-likeness (QED) is 0.407. The van der Waals surface area contributed by atoms with Crippen LogP contribution in [0.1, 0.15) is 28.4 Å². The molecule has 176 valence electrons. The number of piperazine rings is 1. The molecular weight excluding hydrogens is 424 g/mol. The van der Waals surface area contributed by atoms with Gasteiger partial charge < -0.3 is 20.2 Å². The molecule has 0 amide bonds. The monoisotopic (exact) mass is 456 g/mol. The van der Waals surface area contributed by atoms with E-state index in [0.29, 0.717) is 12.6 Å². The topological polar surface area (TPSA) is 68.2 Å². The van der Waals surface area contributed by atoms with Gasteiger partial charge in [-0.3, -0.25) is 4.99 Å². The summed E-state index contributed by atoms with van der Waals surface area (Å²) in [6, 6.07) is 26.2. The molecular formula is C28H32N4O2. The lowest BCUT2D eigenvalue weighted by Gasteiger charge is -2.42. The Kier molecular flexibility index (Phi) is 7.48. The van der Waals surface area contributed by atoms with E-state index < -0.39 is 5.97 Å². The third-order valence-electron chi connectivity index (χ3n) is 6.13. The molecule has 3 aromatic rings. The highest BCUT2D eigenvalue weighted by Gasteiger charge is 2.26. The number of guanidine groups is 1. The predicted octanol–water partition coefficient (Wildman–Crippen LogP) is 4.91. The number of aryl methyl sites for hydroxylation is 1. The van der Waals surface area contributed by atoms with Crippen LogP contribution in [0.4, 0.5) is 11.4 Å². The standard InChI is InChI=1S/C28H32N4O2/c1-21-8-6-13-26(18-21)32-17-16-31(20-22(32)2)28(29-15-14-23-9-4-3-5-10-23)30-25-12-7-11-24(19-25)27(33)34/h3-13,18-19,22H,14-17,20H2,1-2H3,(H,29,30)(H,33,34). The first-order valence-electron chi connectivity index (χ1n) is 11.8. The number of rotatable bonds is 6. The van der Waals surface area contributed by atoms with Crippen molar-refractivity contribution in [3.63, 3.8) is 0 Å². The van der Waals surface area contributed by atoms with E-state index in [4.69, 9.17) is 4.99 Å². The summed E-state index contributed by atoms with van der Waals surface area (Å²) in [5.74, 6) is -0.152. The molecule has 0 radical (unpaired) electrons. The van der Waals surface area contributed by atoms with Crippen LogP contribution >= 0.6 is 0 Å². The number of anilines is 2. The van der Waals surface area contributed by atoms with Crippen molar-refractivity contribution < 1.29 is 9.90 Å². The lowest BCUT2D eigenvalue weighted by Crippen LogP contribution is -2.55. The van der Waals surface area contributed by atoms with Crippen molar-refractivity contribution in [1.29, 1.82) is 0 Å². The molecule has 1 atom stereocenters. The van der Waals surface area contributed by atoms with Crippen LogP contribution in [0, 0.1) is 6.92 Å². The van der Waals surface area contributed by atoms with Gasteiger partial charge in [0.1, 0.15) is 0 Å². The van der Waals surface area contributed by atoms with Crippen LogP contribution in [0.25, 0.3) is 0 Å². The van der Waals surface area contributed by atoms with Gasteiger partial charge in [0.25, 0.3) is 0 Å². The maximum atomic E-state index is 11.4. The van der Waals surface area contributed by atoms with E-state index in [0.717, 1.165) is 37.7 Å². The van der Waals surface area contributed by atoms with E-state index in [2.05, 4.69) is 65.4 Å². The Hall–Kier alpha value is -3.80. The van der Waals surface area contributed by atoms with Crippen molar-refractivity contribution in [3.05, 3.63) is 95.6 Å². The minimum absolute atomic E-state index is 0.256. The van der Waals surface area contributed by atoms with Gasteiger partial charge in [-0.2, -0.15) is 0 Å². The van der Waals surface area contributed by atoms with Crippen LogP contribution in [0.2, 0.25) is 0 Å². The van der Waals surface area contributed by atoms with Gasteiger partial charge in [-0.15, -0.1) is 0 Å². The number of hydrogen-bond acceptors (Lipinski definition) is 3.